The fourth-order valence-corrected chi connectivity index (χ4v) is 4.27. The second-order valence-electron chi connectivity index (χ2n) is 7.45. The first kappa shape index (κ1) is 17.9. The van der Waals surface area contributed by atoms with Crippen molar-refractivity contribution in [2.45, 2.75) is 18.9 Å². The number of carbonyl (C=O) groups is 1. The van der Waals surface area contributed by atoms with Crippen molar-refractivity contribution in [2.75, 3.05) is 19.6 Å². The first-order valence-electron chi connectivity index (χ1n) is 9.15. The van der Waals surface area contributed by atoms with E-state index in [1.807, 2.05) is 0 Å². The van der Waals surface area contributed by atoms with Crippen LogP contribution in [-0.2, 0) is 0 Å². The van der Waals surface area contributed by atoms with Crippen LogP contribution in [0.2, 0.25) is 0 Å². The molecule has 0 radical (unpaired) electrons. The zero-order valence-corrected chi connectivity index (χ0v) is 14.8. The van der Waals surface area contributed by atoms with Crippen molar-refractivity contribution in [1.82, 2.24) is 4.90 Å². The van der Waals surface area contributed by atoms with Gasteiger partial charge in [0.25, 0.3) is 0 Å². The quantitative estimate of drug-likeness (QED) is 0.813. The molecule has 2 aliphatic rings. The summed E-state index contributed by atoms with van der Waals surface area (Å²) >= 11 is 0. The van der Waals surface area contributed by atoms with Gasteiger partial charge in [0.05, 0.1) is 12.6 Å². The number of ketones is 1. The molecule has 1 saturated heterocycles. The topological polar surface area (TPSA) is 49.8 Å². The average molecular weight is 373 g/mol. The lowest BCUT2D eigenvalue weighted by molar-refractivity contribution is 0.0936. The first-order valence-corrected chi connectivity index (χ1v) is 9.15. The Labute approximate surface area is 156 Å². The highest BCUT2D eigenvalue weighted by Crippen LogP contribution is 2.40. The van der Waals surface area contributed by atoms with Crippen molar-refractivity contribution in [3.63, 3.8) is 0 Å². The van der Waals surface area contributed by atoms with E-state index in [0.29, 0.717) is 23.9 Å². The molecule has 1 N–H and O–H groups in total. The third-order valence-corrected chi connectivity index (χ3v) is 5.54. The van der Waals surface area contributed by atoms with Gasteiger partial charge in [-0.2, -0.15) is 0 Å². The Balaban J connectivity index is 1.32. The van der Waals surface area contributed by atoms with E-state index >= 15 is 0 Å². The minimum atomic E-state index is -0.673. The molecule has 2 unspecified atom stereocenters. The molecule has 1 saturated carbocycles. The number of phenolic OH excluding ortho intramolecular Hbond substituents is 1. The van der Waals surface area contributed by atoms with Crippen LogP contribution in [0.5, 0.6) is 11.5 Å². The summed E-state index contributed by atoms with van der Waals surface area (Å²) in [6, 6.07) is 9.99. The maximum Gasteiger partial charge on any atom is 0.191 e. The highest BCUT2D eigenvalue weighted by Gasteiger charge is 2.42. The molecule has 2 atom stereocenters. The van der Waals surface area contributed by atoms with Crippen LogP contribution in [-0.4, -0.2) is 41.5 Å². The van der Waals surface area contributed by atoms with Gasteiger partial charge >= 0.3 is 0 Å². The summed E-state index contributed by atoms with van der Waals surface area (Å²) in [6.45, 7) is 1.91. The molecule has 0 amide bonds. The van der Waals surface area contributed by atoms with Crippen molar-refractivity contribution < 1.29 is 23.4 Å². The number of hydrogen-bond acceptors (Lipinski definition) is 4. The molecule has 4 rings (SSSR count). The maximum absolute atomic E-state index is 13.8. The lowest BCUT2D eigenvalue weighted by Crippen LogP contribution is -2.30. The predicted molar refractivity (Wildman–Crippen MR) is 95.9 cm³/mol. The largest absolute Gasteiger partial charge is 0.508 e. The number of fused-ring (bicyclic) bond motifs is 1. The fraction of sp³-hybridized carbons (Fsp3) is 0.381. The third kappa shape index (κ3) is 3.81. The van der Waals surface area contributed by atoms with E-state index in [0.717, 1.165) is 25.9 Å². The van der Waals surface area contributed by atoms with Crippen molar-refractivity contribution in [1.29, 1.82) is 0 Å². The molecule has 0 aromatic heterocycles. The van der Waals surface area contributed by atoms with Gasteiger partial charge in [0, 0.05) is 18.7 Å². The molecule has 0 bridgehead atoms. The van der Waals surface area contributed by atoms with Crippen LogP contribution in [0.15, 0.2) is 42.5 Å². The van der Waals surface area contributed by atoms with Crippen LogP contribution in [0.1, 0.15) is 23.2 Å². The zero-order valence-electron chi connectivity index (χ0n) is 14.8. The fourth-order valence-electron chi connectivity index (χ4n) is 4.27. The summed E-state index contributed by atoms with van der Waals surface area (Å²) in [6.07, 6.45) is 1.28. The molecule has 6 heteroatoms. The average Bonchev–Trinajstić information content (AvgIpc) is 3.16. The number of nitrogens with zero attached hydrogens (tertiary/aromatic N) is 1. The summed E-state index contributed by atoms with van der Waals surface area (Å²) in [5, 5.41) is 9.32. The number of benzene rings is 2. The van der Waals surface area contributed by atoms with Crippen LogP contribution in [0.25, 0.3) is 0 Å². The Morgan fingerprint density at radius 3 is 2.22 bits per heavy atom. The smallest absolute Gasteiger partial charge is 0.191 e. The van der Waals surface area contributed by atoms with Crippen LogP contribution in [0.4, 0.5) is 8.78 Å². The summed E-state index contributed by atoms with van der Waals surface area (Å²) in [7, 11) is 0. The molecule has 142 valence electrons. The van der Waals surface area contributed by atoms with Crippen LogP contribution < -0.4 is 4.74 Å². The van der Waals surface area contributed by atoms with E-state index in [2.05, 4.69) is 4.90 Å². The van der Waals surface area contributed by atoms with E-state index in [4.69, 9.17) is 4.74 Å². The number of halogens is 2. The zero-order chi connectivity index (χ0) is 19.0. The van der Waals surface area contributed by atoms with Crippen molar-refractivity contribution in [3.05, 3.63) is 59.7 Å². The summed E-state index contributed by atoms with van der Waals surface area (Å²) in [4.78, 5) is 14.5. The van der Waals surface area contributed by atoms with Gasteiger partial charge in [-0.15, -0.1) is 0 Å². The second kappa shape index (κ2) is 7.27. The number of phenols is 1. The molecule has 1 aliphatic heterocycles. The summed E-state index contributed by atoms with van der Waals surface area (Å²) in [5.41, 5.74) is 0.584. The van der Waals surface area contributed by atoms with Gasteiger partial charge in [-0.1, -0.05) is 6.07 Å². The highest BCUT2D eigenvalue weighted by atomic mass is 19.1. The van der Waals surface area contributed by atoms with Crippen LogP contribution >= 0.6 is 0 Å². The number of hydrogen-bond donors (Lipinski definition) is 1. The Morgan fingerprint density at radius 2 is 1.63 bits per heavy atom. The number of aromatic hydroxyl groups is 1. The van der Waals surface area contributed by atoms with Crippen LogP contribution in [0, 0.1) is 23.5 Å². The molecular formula is C21H21F2NO3. The summed E-state index contributed by atoms with van der Waals surface area (Å²) in [5.74, 6) is -0.728. The monoisotopic (exact) mass is 373 g/mol. The highest BCUT2D eigenvalue weighted by molar-refractivity contribution is 5.97. The number of carbonyl (C=O) groups excluding carboxylic acids is 1. The van der Waals surface area contributed by atoms with Crippen LogP contribution in [0.3, 0.4) is 0 Å². The third-order valence-electron chi connectivity index (χ3n) is 5.54. The number of para-hydroxylation sites is 1. The minimum Gasteiger partial charge on any atom is -0.508 e. The lowest BCUT2D eigenvalue weighted by atomic mass is 10.0. The van der Waals surface area contributed by atoms with Gasteiger partial charge in [-0.25, -0.2) is 8.78 Å². The van der Waals surface area contributed by atoms with E-state index in [9.17, 15) is 18.7 Å². The number of likely N-dealkylation sites (tertiary alicyclic amines) is 1. The SMILES string of the molecule is O=C(CN1CC2CC(Oc3c(F)cccc3F)CC2C1)c1ccc(O)cc1. The predicted octanol–water partition coefficient (Wildman–Crippen LogP) is 3.64. The van der Waals surface area contributed by atoms with E-state index < -0.39 is 11.6 Å². The van der Waals surface area contributed by atoms with Gasteiger partial charge in [-0.05, 0) is 61.1 Å². The molecule has 0 spiro atoms. The minimum absolute atomic E-state index is 0.0243. The van der Waals surface area contributed by atoms with Gasteiger partial charge in [0.2, 0.25) is 0 Å². The van der Waals surface area contributed by atoms with E-state index in [1.165, 1.54) is 30.3 Å². The molecule has 2 fully saturated rings. The van der Waals surface area contributed by atoms with Gasteiger partial charge in [0.1, 0.15) is 5.75 Å². The normalized spacial score (nSPS) is 24.7. The molecule has 2 aromatic carbocycles. The molecule has 1 heterocycles. The summed E-state index contributed by atoms with van der Waals surface area (Å²) < 4.78 is 33.1. The lowest BCUT2D eigenvalue weighted by Gasteiger charge is -2.19. The Bertz CT molecular complexity index is 806. The Morgan fingerprint density at radius 1 is 1.04 bits per heavy atom. The van der Waals surface area contributed by atoms with E-state index in [1.54, 1.807) is 12.1 Å². The maximum atomic E-state index is 13.8. The molecular weight excluding hydrogens is 352 g/mol. The molecule has 2 aromatic rings. The Hall–Kier alpha value is -2.47. The number of rotatable bonds is 5. The van der Waals surface area contributed by atoms with Gasteiger partial charge in [0.15, 0.2) is 23.2 Å². The van der Waals surface area contributed by atoms with Crippen molar-refractivity contribution in [2.24, 2.45) is 11.8 Å². The van der Waals surface area contributed by atoms with Crippen molar-refractivity contribution in [3.8, 4) is 11.5 Å². The number of ether oxygens (including phenoxy) is 1. The van der Waals surface area contributed by atoms with Gasteiger partial charge in [-0.3, -0.25) is 9.69 Å². The molecule has 1 aliphatic carbocycles. The standard InChI is InChI=1S/C21H21F2NO3/c22-18-2-1-3-19(23)21(18)27-17-8-14-10-24(11-15(14)9-17)12-20(26)13-4-6-16(25)7-5-13/h1-7,14-15,17,25H,8-12H2. The van der Waals surface area contributed by atoms with Gasteiger partial charge < -0.3 is 9.84 Å². The number of Topliss-reactive ketones (excluding diaryl/α,β-unsaturated/α-hetero) is 1. The second-order valence-corrected chi connectivity index (χ2v) is 7.45. The molecule has 4 nitrogen and oxygen atoms in total. The van der Waals surface area contributed by atoms with E-state index in [-0.39, 0.29) is 23.4 Å². The first-order chi connectivity index (χ1) is 13.0. The van der Waals surface area contributed by atoms with Crippen molar-refractivity contribution >= 4 is 5.78 Å². The molecule has 27 heavy (non-hydrogen) atoms. The Kier molecular flexibility index (Phi) is 4.83.